The molecule has 2 aliphatic rings. The number of aromatic amines is 1. The first-order valence-corrected chi connectivity index (χ1v) is 18.4. The smallest absolute Gasteiger partial charge is 0.384 e. The van der Waals surface area contributed by atoms with Gasteiger partial charge in [-0.2, -0.15) is 39.7 Å². The second-order valence-electron chi connectivity index (χ2n) is 13.7. The number of nitrogens with zero attached hydrogens (tertiary/aromatic N) is 5. The van der Waals surface area contributed by atoms with Gasteiger partial charge in [0.05, 0.1) is 29.2 Å². The summed E-state index contributed by atoms with van der Waals surface area (Å²) in [5.74, 6) is -2.36. The Kier molecular flexibility index (Phi) is 10.6. The molecule has 4 aromatic rings. The van der Waals surface area contributed by atoms with Gasteiger partial charge in [0.15, 0.2) is 5.65 Å². The molecule has 0 aromatic carbocycles. The summed E-state index contributed by atoms with van der Waals surface area (Å²) < 4.78 is 109. The van der Waals surface area contributed by atoms with E-state index in [1.165, 1.54) is 24.5 Å². The number of methoxy groups -OCH3 is 1. The zero-order valence-electron chi connectivity index (χ0n) is 29.1. The number of nitrogens with one attached hydrogen (secondary N) is 3. The number of rotatable bonds is 13. The van der Waals surface area contributed by atoms with E-state index < -0.39 is 45.5 Å². The molecule has 20 heteroatoms. The van der Waals surface area contributed by atoms with Crippen LogP contribution in [-0.2, 0) is 32.2 Å². The van der Waals surface area contributed by atoms with Crippen molar-refractivity contribution in [3.8, 4) is 11.3 Å². The number of carbonyl (C=O) groups is 2. The lowest BCUT2D eigenvalue weighted by molar-refractivity contribution is -0.138. The summed E-state index contributed by atoms with van der Waals surface area (Å²) in [6, 6.07) is 5.41. The minimum atomic E-state index is -5.84. The van der Waals surface area contributed by atoms with Crippen LogP contribution >= 0.6 is 0 Å². The number of halogens is 6. The zero-order chi connectivity index (χ0) is 39.1. The maximum atomic E-state index is 14.2. The van der Waals surface area contributed by atoms with Crippen LogP contribution in [0, 0.1) is 5.41 Å². The Bertz CT molecular complexity index is 2150. The predicted octanol–water partition coefficient (Wildman–Crippen LogP) is 6.10. The summed E-state index contributed by atoms with van der Waals surface area (Å²) in [5.41, 5.74) is -4.92. The number of aromatic nitrogens is 5. The van der Waals surface area contributed by atoms with Gasteiger partial charge in [0.2, 0.25) is 11.9 Å². The summed E-state index contributed by atoms with van der Waals surface area (Å²) in [7, 11) is -2.34. The fourth-order valence-corrected chi connectivity index (χ4v) is 7.28. The van der Waals surface area contributed by atoms with Crippen LogP contribution in [-0.4, -0.2) is 78.0 Å². The van der Waals surface area contributed by atoms with Crippen molar-refractivity contribution in [1.29, 1.82) is 0 Å². The lowest BCUT2D eigenvalue weighted by Gasteiger charge is -2.34. The van der Waals surface area contributed by atoms with Crippen molar-refractivity contribution in [3.63, 3.8) is 0 Å². The van der Waals surface area contributed by atoms with Crippen LogP contribution in [0.2, 0.25) is 0 Å². The van der Waals surface area contributed by atoms with Gasteiger partial charge in [-0.3, -0.25) is 24.9 Å². The molecule has 0 aliphatic heterocycles. The monoisotopic (exact) mass is 782 g/mol. The van der Waals surface area contributed by atoms with Gasteiger partial charge in [0, 0.05) is 56.4 Å². The summed E-state index contributed by atoms with van der Waals surface area (Å²) in [5, 5.41) is 2.59. The van der Waals surface area contributed by atoms with E-state index >= 15 is 0 Å². The number of hydrogen-bond donors (Lipinski definition) is 3. The summed E-state index contributed by atoms with van der Waals surface area (Å²) in [6.45, 7) is 1.08. The zero-order valence-corrected chi connectivity index (χ0v) is 29.9. The van der Waals surface area contributed by atoms with Gasteiger partial charge in [-0.15, -0.1) is 0 Å². The summed E-state index contributed by atoms with van der Waals surface area (Å²) in [6.07, 6.45) is 2.39. The Morgan fingerprint density at radius 1 is 1.04 bits per heavy atom. The van der Waals surface area contributed by atoms with E-state index in [9.17, 15) is 44.3 Å². The molecule has 0 atom stereocenters. The van der Waals surface area contributed by atoms with Crippen LogP contribution in [0.1, 0.15) is 78.2 Å². The van der Waals surface area contributed by atoms with Crippen molar-refractivity contribution in [2.24, 2.45) is 5.41 Å². The Balaban J connectivity index is 1.26. The van der Waals surface area contributed by atoms with E-state index in [0.717, 1.165) is 36.5 Å². The fraction of sp³-hybridized carbons (Fsp3) is 0.471. The predicted molar refractivity (Wildman–Crippen MR) is 184 cm³/mol. The van der Waals surface area contributed by atoms with Crippen LogP contribution in [0.15, 0.2) is 36.7 Å². The van der Waals surface area contributed by atoms with Gasteiger partial charge in [-0.1, -0.05) is 18.9 Å². The van der Waals surface area contributed by atoms with Crippen LogP contribution in [0.4, 0.5) is 38.0 Å². The highest BCUT2D eigenvalue weighted by Gasteiger charge is 2.47. The SMILES string of the molecule is COCC1(CN(C)c2cc(-c3cnc(C4CC4)c(C(F)(F)F)c3)nc3nc(NC(=O)c4ccc(CCC(=O)NS(=O)(=O)C(F)(F)F)cn4)[nH]c23)CCCC1. The number of sulfonamides is 1. The third kappa shape index (κ3) is 8.59. The Labute approximate surface area is 305 Å². The molecule has 0 bridgehead atoms. The number of pyridine rings is 3. The number of anilines is 2. The molecule has 0 spiro atoms. The number of fused-ring (bicyclic) bond motifs is 1. The highest BCUT2D eigenvalue weighted by atomic mass is 32.2. The normalized spacial score (nSPS) is 16.1. The second kappa shape index (κ2) is 14.8. The first-order chi connectivity index (χ1) is 25.4. The van der Waals surface area contributed by atoms with Crippen molar-refractivity contribution >= 4 is 44.6 Å². The highest BCUT2D eigenvalue weighted by molar-refractivity contribution is 7.90. The third-order valence-electron chi connectivity index (χ3n) is 9.51. The number of imidazole rings is 1. The van der Waals surface area contributed by atoms with E-state index in [4.69, 9.17) is 4.74 Å². The van der Waals surface area contributed by atoms with Gasteiger partial charge in [0.25, 0.3) is 5.91 Å². The molecule has 2 aliphatic carbocycles. The molecule has 3 N–H and O–H groups in total. The Morgan fingerprint density at radius 3 is 2.37 bits per heavy atom. The Hall–Kier alpha value is -4.85. The topological polar surface area (TPSA) is 172 Å². The molecule has 2 saturated carbocycles. The average molecular weight is 783 g/mol. The summed E-state index contributed by atoms with van der Waals surface area (Å²) in [4.78, 5) is 47.2. The van der Waals surface area contributed by atoms with Crippen LogP contribution in [0.3, 0.4) is 0 Å². The molecular weight excluding hydrogens is 746 g/mol. The molecule has 4 heterocycles. The van der Waals surface area contributed by atoms with Gasteiger partial charge in [0.1, 0.15) is 11.2 Å². The first kappa shape index (κ1) is 38.9. The van der Waals surface area contributed by atoms with E-state index in [2.05, 4.69) is 30.2 Å². The third-order valence-corrected chi connectivity index (χ3v) is 10.6. The molecule has 54 heavy (non-hydrogen) atoms. The number of carbonyl (C=O) groups excluding carboxylic acids is 2. The van der Waals surface area contributed by atoms with E-state index in [-0.39, 0.29) is 52.0 Å². The number of hydrogen-bond acceptors (Lipinski definition) is 10. The van der Waals surface area contributed by atoms with Gasteiger partial charge in [-0.05, 0) is 55.9 Å². The fourth-order valence-electron chi connectivity index (χ4n) is 6.77. The first-order valence-electron chi connectivity index (χ1n) is 16.9. The molecule has 2 fully saturated rings. The van der Waals surface area contributed by atoms with Gasteiger partial charge < -0.3 is 14.6 Å². The highest BCUT2D eigenvalue weighted by Crippen LogP contribution is 2.46. The molecule has 0 saturated heterocycles. The largest absolute Gasteiger partial charge is 0.516 e. The number of aryl methyl sites for hydroxylation is 1. The van der Waals surface area contributed by atoms with Gasteiger partial charge >= 0.3 is 21.7 Å². The van der Waals surface area contributed by atoms with Crippen molar-refractivity contribution in [3.05, 3.63) is 59.2 Å². The van der Waals surface area contributed by atoms with E-state index in [1.807, 2.05) is 11.9 Å². The molecule has 2 amide bonds. The Morgan fingerprint density at radius 2 is 1.76 bits per heavy atom. The molecule has 290 valence electrons. The van der Waals surface area contributed by atoms with Crippen molar-refractivity contribution in [2.45, 2.75) is 69.0 Å². The average Bonchev–Trinajstić information content (AvgIpc) is 3.72. The second-order valence-corrected chi connectivity index (χ2v) is 15.4. The maximum Gasteiger partial charge on any atom is 0.516 e. The molecule has 0 radical (unpaired) electrons. The quantitative estimate of drug-likeness (QED) is 0.135. The maximum absolute atomic E-state index is 14.2. The molecule has 6 rings (SSSR count). The minimum Gasteiger partial charge on any atom is -0.384 e. The van der Waals surface area contributed by atoms with Crippen molar-refractivity contribution < 1.29 is 49.1 Å². The standard InChI is InChI=1S/C34H36F6N8O5S/c1-48(17-32(18-53-2)11-3-4-12-32)25-14-24(21-13-22(33(35,36)37)27(42-16-21)20-7-8-20)43-29-28(25)44-31(45-29)46-30(50)23-9-5-19(15-41-23)6-10-26(49)47-54(51,52)34(38,39)40/h5,9,13-16,20H,3-4,6-8,10-12,17-18H2,1-2H3,(H,47,49)(H2,43,44,45,46,50). The molecular formula is C34H36F6N8O5S. The minimum absolute atomic E-state index is 0.0145. The number of H-pyrrole nitrogens is 1. The van der Waals surface area contributed by atoms with Crippen molar-refractivity contribution in [2.75, 3.05) is 37.5 Å². The van der Waals surface area contributed by atoms with Crippen LogP contribution in [0.25, 0.3) is 22.4 Å². The number of ether oxygens (including phenoxy) is 1. The summed E-state index contributed by atoms with van der Waals surface area (Å²) >= 11 is 0. The van der Waals surface area contributed by atoms with Crippen molar-refractivity contribution in [1.82, 2.24) is 29.6 Å². The lowest BCUT2D eigenvalue weighted by atomic mass is 9.86. The number of amides is 2. The van der Waals surface area contributed by atoms with Crippen LogP contribution < -0.4 is 14.9 Å². The number of alkyl halides is 6. The molecule has 4 aromatic heterocycles. The van der Waals surface area contributed by atoms with Crippen LogP contribution in [0.5, 0.6) is 0 Å². The van der Waals surface area contributed by atoms with E-state index in [1.54, 1.807) is 13.2 Å². The lowest BCUT2D eigenvalue weighted by Crippen LogP contribution is -2.40. The van der Waals surface area contributed by atoms with Gasteiger partial charge in [-0.25, -0.2) is 9.71 Å². The van der Waals surface area contributed by atoms with E-state index in [0.29, 0.717) is 42.8 Å². The molecule has 0 unspecified atom stereocenters. The molecule has 13 nitrogen and oxygen atoms in total.